The molecule has 3 heterocycles. The first-order chi connectivity index (χ1) is 14.0. The Labute approximate surface area is 170 Å². The van der Waals surface area contributed by atoms with E-state index < -0.39 is 12.0 Å². The third-order valence-electron chi connectivity index (χ3n) is 6.57. The molecule has 4 rings (SSSR count). The monoisotopic (exact) mass is 399 g/mol. The Morgan fingerprint density at radius 1 is 1.31 bits per heavy atom. The van der Waals surface area contributed by atoms with Gasteiger partial charge in [0.1, 0.15) is 0 Å². The fourth-order valence-electron chi connectivity index (χ4n) is 4.94. The van der Waals surface area contributed by atoms with Crippen LogP contribution in [0.4, 0.5) is 0 Å². The summed E-state index contributed by atoms with van der Waals surface area (Å²) in [6, 6.07) is 2.73. The van der Waals surface area contributed by atoms with Gasteiger partial charge in [-0.2, -0.15) is 0 Å². The number of carbonyl (C=O) groups is 2. The van der Waals surface area contributed by atoms with Crippen LogP contribution in [0.1, 0.15) is 50.4 Å². The van der Waals surface area contributed by atoms with E-state index in [1.54, 1.807) is 28.5 Å². The largest absolute Gasteiger partial charge is 0.396 e. The average molecular weight is 399 g/mol. The molecule has 1 aliphatic carbocycles. The van der Waals surface area contributed by atoms with E-state index in [1.165, 1.54) is 0 Å². The van der Waals surface area contributed by atoms with Crippen molar-refractivity contribution in [3.05, 3.63) is 39.8 Å². The molecule has 7 nitrogen and oxygen atoms in total. The van der Waals surface area contributed by atoms with Crippen LogP contribution in [0.15, 0.2) is 23.0 Å². The van der Waals surface area contributed by atoms with Crippen LogP contribution in [0.3, 0.4) is 0 Å². The van der Waals surface area contributed by atoms with Crippen LogP contribution in [0.25, 0.3) is 6.08 Å². The van der Waals surface area contributed by atoms with Crippen LogP contribution < -0.4 is 10.9 Å². The Kier molecular flexibility index (Phi) is 5.34. The Morgan fingerprint density at radius 2 is 2.07 bits per heavy atom. The Balaban J connectivity index is 1.78. The number of hydrogen-bond donors (Lipinski definition) is 2. The van der Waals surface area contributed by atoms with Crippen molar-refractivity contribution in [2.75, 3.05) is 13.2 Å². The van der Waals surface area contributed by atoms with E-state index >= 15 is 0 Å². The minimum atomic E-state index is -0.556. The highest BCUT2D eigenvalue weighted by Crippen LogP contribution is 2.48. The minimum absolute atomic E-state index is 0.0489. The van der Waals surface area contributed by atoms with E-state index in [0.717, 1.165) is 12.8 Å². The molecule has 1 saturated carbocycles. The molecule has 1 aromatic heterocycles. The van der Waals surface area contributed by atoms with Gasteiger partial charge in [-0.15, -0.1) is 0 Å². The third kappa shape index (κ3) is 3.31. The number of aromatic nitrogens is 1. The summed E-state index contributed by atoms with van der Waals surface area (Å²) in [5.74, 6) is -0.582. The Bertz CT molecular complexity index is 902. The number of aliphatic hydroxyl groups excluding tert-OH is 1. The molecule has 7 heteroatoms. The summed E-state index contributed by atoms with van der Waals surface area (Å²) < 4.78 is 1.70. The van der Waals surface area contributed by atoms with Gasteiger partial charge in [-0.05, 0) is 37.8 Å². The average Bonchev–Trinajstić information content (AvgIpc) is 3.52. The van der Waals surface area contributed by atoms with Crippen LogP contribution in [-0.4, -0.2) is 45.6 Å². The third-order valence-corrected chi connectivity index (χ3v) is 6.57. The number of hydrogen-bond acceptors (Lipinski definition) is 4. The van der Waals surface area contributed by atoms with Crippen molar-refractivity contribution < 1.29 is 14.7 Å². The minimum Gasteiger partial charge on any atom is -0.396 e. The molecule has 0 aromatic carbocycles. The van der Waals surface area contributed by atoms with E-state index in [0.29, 0.717) is 36.7 Å². The van der Waals surface area contributed by atoms with E-state index in [1.807, 2.05) is 19.1 Å². The summed E-state index contributed by atoms with van der Waals surface area (Å²) in [5.41, 5.74) is 1.15. The van der Waals surface area contributed by atoms with Crippen molar-refractivity contribution in [1.29, 1.82) is 0 Å². The number of fused-ring (bicyclic) bond motifs is 4. The molecule has 156 valence electrons. The Hall–Kier alpha value is -2.41. The quantitative estimate of drug-likeness (QED) is 0.755. The molecule has 2 aliphatic heterocycles. The van der Waals surface area contributed by atoms with Gasteiger partial charge in [-0.3, -0.25) is 14.4 Å². The van der Waals surface area contributed by atoms with E-state index in [9.17, 15) is 19.5 Å². The summed E-state index contributed by atoms with van der Waals surface area (Å²) >= 11 is 0. The highest BCUT2D eigenvalue weighted by molar-refractivity contribution is 5.84. The zero-order chi connectivity index (χ0) is 20.7. The van der Waals surface area contributed by atoms with Crippen LogP contribution in [0.5, 0.6) is 0 Å². The number of carbonyl (C=O) groups excluding carboxylic acids is 2. The van der Waals surface area contributed by atoms with Gasteiger partial charge in [0.15, 0.2) is 0 Å². The predicted molar refractivity (Wildman–Crippen MR) is 109 cm³/mol. The summed E-state index contributed by atoms with van der Waals surface area (Å²) in [4.78, 5) is 40.7. The number of rotatable bonds is 6. The molecule has 0 spiro atoms. The zero-order valence-corrected chi connectivity index (χ0v) is 17.0. The first kappa shape index (κ1) is 19.9. The van der Waals surface area contributed by atoms with Gasteiger partial charge in [0.05, 0.1) is 18.0 Å². The summed E-state index contributed by atoms with van der Waals surface area (Å²) in [7, 11) is 0. The van der Waals surface area contributed by atoms with Crippen LogP contribution >= 0.6 is 0 Å². The van der Waals surface area contributed by atoms with Crippen molar-refractivity contribution in [1.82, 2.24) is 14.8 Å². The predicted octanol–water partition coefficient (Wildman–Crippen LogP) is 1.31. The lowest BCUT2D eigenvalue weighted by Crippen LogP contribution is -2.49. The molecule has 4 atom stereocenters. The van der Waals surface area contributed by atoms with Gasteiger partial charge in [-0.25, -0.2) is 0 Å². The van der Waals surface area contributed by atoms with Gasteiger partial charge in [0.25, 0.3) is 5.56 Å². The number of aliphatic hydroxyl groups is 1. The summed E-state index contributed by atoms with van der Waals surface area (Å²) in [6.07, 6.45) is 6.17. The SMILES string of the molecule is C/C=C\c1ccc2n(c1=O)C[C@@H]1[C@@H](CO)[C@H](C(=O)NCC3CC3)[C@H]2N1C(=O)CC. The van der Waals surface area contributed by atoms with Crippen LogP contribution in [0.2, 0.25) is 0 Å². The number of nitrogens with zero attached hydrogens (tertiary/aromatic N) is 2. The van der Waals surface area contributed by atoms with E-state index in [4.69, 9.17) is 0 Å². The van der Waals surface area contributed by atoms with E-state index in [2.05, 4.69) is 5.32 Å². The number of allylic oxidation sites excluding steroid dienone is 1. The highest BCUT2D eigenvalue weighted by Gasteiger charge is 2.57. The molecule has 2 N–H and O–H groups in total. The fourth-order valence-corrected chi connectivity index (χ4v) is 4.94. The molecule has 1 aromatic rings. The zero-order valence-electron chi connectivity index (χ0n) is 17.0. The lowest BCUT2D eigenvalue weighted by atomic mass is 9.86. The van der Waals surface area contributed by atoms with Crippen molar-refractivity contribution >= 4 is 17.9 Å². The molecule has 0 unspecified atom stereocenters. The maximum atomic E-state index is 13.2. The Morgan fingerprint density at radius 3 is 2.69 bits per heavy atom. The van der Waals surface area contributed by atoms with Crippen molar-refractivity contribution in [2.45, 2.75) is 51.7 Å². The number of nitrogens with one attached hydrogen (secondary N) is 1. The second-order valence-corrected chi connectivity index (χ2v) is 8.36. The first-order valence-corrected chi connectivity index (χ1v) is 10.6. The molecule has 0 radical (unpaired) electrons. The normalized spacial score (nSPS) is 27.9. The fraction of sp³-hybridized carbons (Fsp3) is 0.591. The molecule has 1 saturated heterocycles. The molecule has 2 fully saturated rings. The second kappa shape index (κ2) is 7.78. The van der Waals surface area contributed by atoms with Crippen LogP contribution in [0, 0.1) is 17.8 Å². The lowest BCUT2D eigenvalue weighted by molar-refractivity contribution is -0.136. The molecular formula is C22H29N3O4. The summed E-state index contributed by atoms with van der Waals surface area (Å²) in [5, 5.41) is 13.2. The maximum Gasteiger partial charge on any atom is 0.258 e. The molecule has 3 aliphatic rings. The molecule has 2 bridgehead atoms. The molecular weight excluding hydrogens is 370 g/mol. The first-order valence-electron chi connectivity index (χ1n) is 10.6. The van der Waals surface area contributed by atoms with Gasteiger partial charge in [0, 0.05) is 43.3 Å². The van der Waals surface area contributed by atoms with Gasteiger partial charge in [-0.1, -0.05) is 19.1 Å². The second-order valence-electron chi connectivity index (χ2n) is 8.36. The summed E-state index contributed by atoms with van der Waals surface area (Å²) in [6.45, 7) is 4.41. The van der Waals surface area contributed by atoms with Gasteiger partial charge in [0.2, 0.25) is 11.8 Å². The van der Waals surface area contributed by atoms with Crippen molar-refractivity contribution in [3.63, 3.8) is 0 Å². The topological polar surface area (TPSA) is 91.6 Å². The molecule has 29 heavy (non-hydrogen) atoms. The van der Waals surface area contributed by atoms with Gasteiger partial charge >= 0.3 is 0 Å². The van der Waals surface area contributed by atoms with Crippen molar-refractivity contribution in [3.8, 4) is 0 Å². The molecule has 2 amide bonds. The van der Waals surface area contributed by atoms with Crippen molar-refractivity contribution in [2.24, 2.45) is 17.8 Å². The maximum absolute atomic E-state index is 13.2. The standard InChI is InChI=1S/C22H29N3O4/c1-3-5-14-8-9-16-20-19(21(28)23-10-13-6-7-13)15(12-26)17(11-24(16)22(14)29)25(20)18(27)4-2/h3,5,8-9,13,15,17,19-20,26H,4,6-7,10-12H2,1-2H3,(H,23,28)/b5-3-/t15-,17-,19+,20+/m1/s1. The van der Waals surface area contributed by atoms with Crippen LogP contribution in [-0.2, 0) is 16.1 Å². The number of pyridine rings is 1. The smallest absolute Gasteiger partial charge is 0.258 e. The lowest BCUT2D eigenvalue weighted by Gasteiger charge is -2.38. The van der Waals surface area contributed by atoms with Gasteiger partial charge < -0.3 is 19.9 Å². The van der Waals surface area contributed by atoms with E-state index in [-0.39, 0.29) is 35.9 Å². The number of amides is 2. The highest BCUT2D eigenvalue weighted by atomic mass is 16.3.